The summed E-state index contributed by atoms with van der Waals surface area (Å²) in [6.45, 7) is 4.43. The van der Waals surface area contributed by atoms with Gasteiger partial charge >= 0.3 is 0 Å². The Labute approximate surface area is 178 Å². The average Bonchev–Trinajstić information content (AvgIpc) is 3.48. The molecule has 0 bridgehead atoms. The maximum atomic E-state index is 13.0. The van der Waals surface area contributed by atoms with E-state index in [1.54, 1.807) is 40.0 Å². The minimum atomic E-state index is -0.255. The lowest BCUT2D eigenvalue weighted by molar-refractivity contribution is 0.0637. The van der Waals surface area contributed by atoms with Gasteiger partial charge in [-0.05, 0) is 44.2 Å². The number of carbonyl (C=O) groups is 1. The van der Waals surface area contributed by atoms with Gasteiger partial charge in [0.05, 0.1) is 23.7 Å². The second-order valence-corrected chi connectivity index (χ2v) is 7.38. The number of nitrogens with zero attached hydrogens (tertiary/aromatic N) is 5. The Morgan fingerprint density at radius 1 is 1.13 bits per heavy atom. The van der Waals surface area contributed by atoms with Gasteiger partial charge in [0, 0.05) is 18.4 Å². The first-order valence-corrected chi connectivity index (χ1v) is 9.83. The van der Waals surface area contributed by atoms with Crippen LogP contribution >= 0.6 is 11.6 Å². The molecule has 0 saturated carbocycles. The summed E-state index contributed by atoms with van der Waals surface area (Å²) >= 11 is 6.20. The van der Waals surface area contributed by atoms with Crippen LogP contribution in [0.2, 0.25) is 5.02 Å². The normalized spacial score (nSPS) is 11.2. The molecule has 0 saturated heterocycles. The van der Waals surface area contributed by atoms with Crippen molar-refractivity contribution in [2.45, 2.75) is 33.0 Å². The number of benzene rings is 1. The third-order valence-electron chi connectivity index (χ3n) is 4.51. The van der Waals surface area contributed by atoms with E-state index in [9.17, 15) is 4.79 Å². The lowest BCUT2D eigenvalue weighted by atomic mass is 10.2. The summed E-state index contributed by atoms with van der Waals surface area (Å²) in [6, 6.07) is 12.4. The van der Waals surface area contributed by atoms with Crippen molar-refractivity contribution in [3.8, 4) is 11.5 Å². The molecule has 0 spiro atoms. The lowest BCUT2D eigenvalue weighted by Crippen LogP contribution is -2.36. The minimum absolute atomic E-state index is 0.104. The van der Waals surface area contributed by atoms with Crippen molar-refractivity contribution in [2.75, 3.05) is 0 Å². The first-order chi connectivity index (χ1) is 14.5. The van der Waals surface area contributed by atoms with Crippen molar-refractivity contribution in [1.82, 2.24) is 24.9 Å². The van der Waals surface area contributed by atoms with Crippen LogP contribution in [0.5, 0.6) is 0 Å². The molecule has 0 fully saturated rings. The molecule has 0 N–H and O–H groups in total. The van der Waals surface area contributed by atoms with Crippen LogP contribution in [0.4, 0.5) is 0 Å². The quantitative estimate of drug-likeness (QED) is 0.439. The van der Waals surface area contributed by atoms with Crippen molar-refractivity contribution in [2.24, 2.45) is 0 Å². The number of hydrogen-bond donors (Lipinski definition) is 0. The molecule has 0 unspecified atom stereocenters. The highest BCUT2D eigenvalue weighted by molar-refractivity contribution is 6.33. The summed E-state index contributed by atoms with van der Waals surface area (Å²) in [5, 5.41) is 12.8. The molecule has 3 aromatic heterocycles. The number of aromatic nitrogens is 4. The lowest BCUT2D eigenvalue weighted by Gasteiger charge is -2.24. The third-order valence-corrected chi connectivity index (χ3v) is 4.84. The average molecular weight is 426 g/mol. The Morgan fingerprint density at radius 2 is 1.97 bits per heavy atom. The molecule has 8 nitrogen and oxygen atoms in total. The summed E-state index contributed by atoms with van der Waals surface area (Å²) in [5.74, 6) is 1.26. The van der Waals surface area contributed by atoms with Crippen LogP contribution < -0.4 is 0 Å². The van der Waals surface area contributed by atoms with Crippen LogP contribution in [0.25, 0.3) is 11.5 Å². The smallest absolute Gasteiger partial charge is 0.290 e. The summed E-state index contributed by atoms with van der Waals surface area (Å²) < 4.78 is 13.2. The highest BCUT2D eigenvalue weighted by Crippen LogP contribution is 2.26. The molecule has 3 heterocycles. The Kier molecular flexibility index (Phi) is 5.67. The molecule has 0 atom stereocenters. The van der Waals surface area contributed by atoms with Crippen molar-refractivity contribution in [3.05, 3.63) is 77.3 Å². The van der Waals surface area contributed by atoms with Gasteiger partial charge in [0.2, 0.25) is 11.8 Å². The van der Waals surface area contributed by atoms with Crippen LogP contribution in [0.15, 0.2) is 63.7 Å². The van der Waals surface area contributed by atoms with Crippen molar-refractivity contribution in [3.63, 3.8) is 0 Å². The van der Waals surface area contributed by atoms with Gasteiger partial charge in [-0.2, -0.15) is 5.10 Å². The summed E-state index contributed by atoms with van der Waals surface area (Å²) in [5.41, 5.74) is 0.648. The fourth-order valence-corrected chi connectivity index (χ4v) is 3.19. The minimum Gasteiger partial charge on any atom is -0.454 e. The Hall–Kier alpha value is -3.39. The fraction of sp³-hybridized carbons (Fsp3) is 0.238. The number of rotatable bonds is 7. The highest BCUT2D eigenvalue weighted by Gasteiger charge is 2.25. The zero-order valence-corrected chi connectivity index (χ0v) is 17.3. The monoisotopic (exact) mass is 425 g/mol. The molecule has 154 valence electrons. The van der Waals surface area contributed by atoms with E-state index in [4.69, 9.17) is 20.4 Å². The summed E-state index contributed by atoms with van der Waals surface area (Å²) in [7, 11) is 0. The maximum Gasteiger partial charge on any atom is 0.290 e. The molecule has 9 heteroatoms. The SMILES string of the molecule is CC(C)N(Cc1nnc(-c2ccccc2Cl)o1)C(=O)c1ccc(Cn2cccn2)o1. The maximum absolute atomic E-state index is 13.0. The predicted octanol–water partition coefficient (Wildman–Crippen LogP) is 4.28. The first-order valence-electron chi connectivity index (χ1n) is 9.45. The van der Waals surface area contributed by atoms with Gasteiger partial charge < -0.3 is 13.7 Å². The van der Waals surface area contributed by atoms with Crippen LogP contribution in [-0.4, -0.2) is 36.8 Å². The van der Waals surface area contributed by atoms with Crippen molar-refractivity contribution < 1.29 is 13.6 Å². The van der Waals surface area contributed by atoms with Gasteiger partial charge in [0.25, 0.3) is 5.91 Å². The van der Waals surface area contributed by atoms with E-state index in [1.165, 1.54) is 0 Å². The van der Waals surface area contributed by atoms with Crippen molar-refractivity contribution >= 4 is 17.5 Å². The standard InChI is InChI=1S/C21H20ClN5O3/c1-14(2)27(13-19-24-25-20(30-19)16-6-3-4-7-17(16)22)21(28)18-9-8-15(29-18)12-26-11-5-10-23-26/h3-11,14H,12-13H2,1-2H3. The summed E-state index contributed by atoms with van der Waals surface area (Å²) in [6.07, 6.45) is 3.52. The molecular formula is C21H20ClN5O3. The third kappa shape index (κ3) is 4.28. The van der Waals surface area contributed by atoms with Gasteiger partial charge in [-0.15, -0.1) is 10.2 Å². The Morgan fingerprint density at radius 3 is 2.70 bits per heavy atom. The molecule has 1 amide bonds. The van der Waals surface area contributed by atoms with E-state index in [0.29, 0.717) is 34.7 Å². The number of halogens is 1. The van der Waals surface area contributed by atoms with E-state index in [2.05, 4.69) is 15.3 Å². The molecule has 0 radical (unpaired) electrons. The van der Waals surface area contributed by atoms with Crippen molar-refractivity contribution in [1.29, 1.82) is 0 Å². The van der Waals surface area contributed by atoms with Crippen LogP contribution in [0.3, 0.4) is 0 Å². The van der Waals surface area contributed by atoms with Crippen LogP contribution in [0, 0.1) is 0 Å². The van der Waals surface area contributed by atoms with Gasteiger partial charge in [-0.25, -0.2) is 0 Å². The predicted molar refractivity (Wildman–Crippen MR) is 110 cm³/mol. The first kappa shape index (κ1) is 19.9. The van der Waals surface area contributed by atoms with Gasteiger partial charge in [-0.3, -0.25) is 9.48 Å². The van der Waals surface area contributed by atoms with Gasteiger partial charge in [-0.1, -0.05) is 23.7 Å². The molecular weight excluding hydrogens is 406 g/mol. The zero-order chi connectivity index (χ0) is 21.1. The Bertz CT molecular complexity index is 1130. The fourth-order valence-electron chi connectivity index (χ4n) is 2.97. The van der Waals surface area contributed by atoms with E-state index in [-0.39, 0.29) is 24.3 Å². The molecule has 1 aromatic carbocycles. The topological polar surface area (TPSA) is 90.2 Å². The number of furan rings is 1. The van der Waals surface area contributed by atoms with Gasteiger partial charge in [0.1, 0.15) is 5.76 Å². The molecule has 0 aliphatic heterocycles. The number of carbonyl (C=O) groups excluding carboxylic acids is 1. The second kappa shape index (κ2) is 8.54. The zero-order valence-electron chi connectivity index (χ0n) is 16.5. The molecule has 4 aromatic rings. The second-order valence-electron chi connectivity index (χ2n) is 6.98. The van der Waals surface area contributed by atoms with E-state index < -0.39 is 0 Å². The number of hydrogen-bond acceptors (Lipinski definition) is 6. The van der Waals surface area contributed by atoms with Crippen LogP contribution in [-0.2, 0) is 13.1 Å². The molecule has 4 rings (SSSR count). The highest BCUT2D eigenvalue weighted by atomic mass is 35.5. The molecule has 30 heavy (non-hydrogen) atoms. The summed E-state index contributed by atoms with van der Waals surface area (Å²) in [4.78, 5) is 14.6. The van der Waals surface area contributed by atoms with Crippen LogP contribution in [0.1, 0.15) is 36.1 Å². The largest absolute Gasteiger partial charge is 0.454 e. The van der Waals surface area contributed by atoms with E-state index in [0.717, 1.165) is 0 Å². The Balaban J connectivity index is 1.50. The molecule has 0 aliphatic rings. The van der Waals surface area contributed by atoms with E-state index >= 15 is 0 Å². The van der Waals surface area contributed by atoms with Gasteiger partial charge in [0.15, 0.2) is 5.76 Å². The molecule has 0 aliphatic carbocycles. The number of amides is 1. The van der Waals surface area contributed by atoms with E-state index in [1.807, 2.05) is 38.2 Å².